The molecule has 0 saturated heterocycles. The summed E-state index contributed by atoms with van der Waals surface area (Å²) in [5.41, 5.74) is 6.03. The van der Waals surface area contributed by atoms with E-state index >= 15 is 0 Å². The van der Waals surface area contributed by atoms with Gasteiger partial charge in [0.05, 0.1) is 13.2 Å². The van der Waals surface area contributed by atoms with Gasteiger partial charge in [-0.3, -0.25) is 0 Å². The first kappa shape index (κ1) is 10.9. The van der Waals surface area contributed by atoms with Crippen LogP contribution in [0.15, 0.2) is 22.7 Å². The van der Waals surface area contributed by atoms with E-state index in [0.29, 0.717) is 30.4 Å². The second kappa shape index (κ2) is 4.21. The van der Waals surface area contributed by atoms with Gasteiger partial charge >= 0.3 is 0 Å². The Morgan fingerprint density at radius 1 is 1.11 bits per heavy atom. The molecular formula is C12H11FN2O3. The first-order chi connectivity index (χ1) is 8.74. The molecule has 94 valence electrons. The number of rotatable bonds is 1. The number of benzene rings is 1. The minimum atomic E-state index is -0.451. The van der Waals surface area contributed by atoms with Crippen LogP contribution in [0.2, 0.25) is 0 Å². The number of hydrogen-bond acceptors (Lipinski definition) is 5. The highest BCUT2D eigenvalue weighted by molar-refractivity contribution is 5.66. The third kappa shape index (κ3) is 1.85. The molecule has 0 spiro atoms. The Morgan fingerprint density at radius 2 is 1.83 bits per heavy atom. The summed E-state index contributed by atoms with van der Waals surface area (Å²) < 4.78 is 29.6. The maximum atomic E-state index is 13.9. The monoisotopic (exact) mass is 250 g/mol. The van der Waals surface area contributed by atoms with Crippen LogP contribution in [0, 0.1) is 5.82 Å². The zero-order valence-electron chi connectivity index (χ0n) is 9.48. The van der Waals surface area contributed by atoms with Crippen molar-refractivity contribution in [1.29, 1.82) is 0 Å². The topological polar surface area (TPSA) is 70.5 Å². The molecular weight excluding hydrogens is 239 g/mol. The van der Waals surface area contributed by atoms with Gasteiger partial charge in [0.15, 0.2) is 11.5 Å². The SMILES string of the molecule is Nc1cc(-c2cc3c(cc2F)OCCCO3)no1. The number of ether oxygens (including phenoxy) is 2. The van der Waals surface area contributed by atoms with Crippen LogP contribution >= 0.6 is 0 Å². The van der Waals surface area contributed by atoms with E-state index in [0.717, 1.165) is 6.42 Å². The van der Waals surface area contributed by atoms with Gasteiger partial charge in [-0.25, -0.2) is 4.39 Å². The van der Waals surface area contributed by atoms with E-state index in [-0.39, 0.29) is 11.4 Å². The lowest BCUT2D eigenvalue weighted by Crippen LogP contribution is -1.97. The van der Waals surface area contributed by atoms with Crippen LogP contribution in [0.25, 0.3) is 11.3 Å². The summed E-state index contributed by atoms with van der Waals surface area (Å²) in [5.74, 6) is 0.597. The quantitative estimate of drug-likeness (QED) is 0.840. The second-order valence-electron chi connectivity index (χ2n) is 3.94. The lowest BCUT2D eigenvalue weighted by atomic mass is 10.1. The highest BCUT2D eigenvalue weighted by Gasteiger charge is 2.17. The van der Waals surface area contributed by atoms with Crippen LogP contribution in [0.3, 0.4) is 0 Å². The summed E-state index contributed by atoms with van der Waals surface area (Å²) in [6.45, 7) is 1.06. The van der Waals surface area contributed by atoms with Crippen LogP contribution in [0.1, 0.15) is 6.42 Å². The summed E-state index contributed by atoms with van der Waals surface area (Å²) in [4.78, 5) is 0. The van der Waals surface area contributed by atoms with Crippen molar-refractivity contribution in [2.75, 3.05) is 18.9 Å². The minimum absolute atomic E-state index is 0.136. The van der Waals surface area contributed by atoms with E-state index < -0.39 is 5.82 Å². The van der Waals surface area contributed by atoms with Gasteiger partial charge in [-0.1, -0.05) is 5.16 Å². The average Bonchev–Trinajstić information content (AvgIpc) is 2.65. The third-order valence-corrected chi connectivity index (χ3v) is 2.64. The molecule has 5 nitrogen and oxygen atoms in total. The van der Waals surface area contributed by atoms with Crippen molar-refractivity contribution < 1.29 is 18.4 Å². The summed E-state index contributed by atoms with van der Waals surface area (Å²) in [6, 6.07) is 4.30. The first-order valence-electron chi connectivity index (χ1n) is 5.56. The molecule has 6 heteroatoms. The van der Waals surface area contributed by atoms with E-state index in [9.17, 15) is 4.39 Å². The van der Waals surface area contributed by atoms with Gasteiger partial charge in [-0.15, -0.1) is 0 Å². The van der Waals surface area contributed by atoms with E-state index in [2.05, 4.69) is 5.16 Å². The zero-order chi connectivity index (χ0) is 12.5. The molecule has 0 amide bonds. The fourth-order valence-electron chi connectivity index (χ4n) is 1.80. The molecule has 2 heterocycles. The predicted octanol–water partition coefficient (Wildman–Crippen LogP) is 2.22. The van der Waals surface area contributed by atoms with E-state index in [1.54, 1.807) is 6.07 Å². The van der Waals surface area contributed by atoms with Crippen LogP contribution in [0.4, 0.5) is 10.3 Å². The third-order valence-electron chi connectivity index (χ3n) is 2.64. The zero-order valence-corrected chi connectivity index (χ0v) is 9.48. The molecule has 0 atom stereocenters. The number of nitrogen functional groups attached to an aromatic ring is 1. The molecule has 3 rings (SSSR count). The van der Waals surface area contributed by atoms with Crippen molar-refractivity contribution >= 4 is 5.88 Å². The minimum Gasteiger partial charge on any atom is -0.490 e. The Bertz CT molecular complexity index is 583. The Hall–Kier alpha value is -2.24. The molecule has 2 N–H and O–H groups in total. The molecule has 2 aromatic rings. The van der Waals surface area contributed by atoms with Gasteiger partial charge in [-0.05, 0) is 6.07 Å². The Balaban J connectivity index is 2.08. The molecule has 1 aromatic heterocycles. The number of hydrogen-bond donors (Lipinski definition) is 1. The summed E-state index contributed by atoms with van der Waals surface area (Å²) in [6.07, 6.45) is 0.766. The number of halogens is 1. The van der Waals surface area contributed by atoms with E-state index in [1.807, 2.05) is 0 Å². The number of anilines is 1. The molecule has 0 aliphatic carbocycles. The molecule has 0 unspecified atom stereocenters. The maximum absolute atomic E-state index is 13.9. The van der Waals surface area contributed by atoms with Crippen molar-refractivity contribution in [3.05, 3.63) is 24.0 Å². The van der Waals surface area contributed by atoms with Crippen molar-refractivity contribution in [3.8, 4) is 22.8 Å². The van der Waals surface area contributed by atoms with Crippen LogP contribution < -0.4 is 15.2 Å². The summed E-state index contributed by atoms with van der Waals surface area (Å²) in [7, 11) is 0. The molecule has 0 radical (unpaired) electrons. The first-order valence-corrected chi connectivity index (χ1v) is 5.56. The van der Waals surface area contributed by atoms with Gasteiger partial charge in [0.1, 0.15) is 11.5 Å². The highest BCUT2D eigenvalue weighted by Crippen LogP contribution is 2.36. The maximum Gasteiger partial charge on any atom is 0.222 e. The van der Waals surface area contributed by atoms with Crippen LogP contribution in [-0.4, -0.2) is 18.4 Å². The van der Waals surface area contributed by atoms with Crippen molar-refractivity contribution in [2.24, 2.45) is 0 Å². The number of fused-ring (bicyclic) bond motifs is 1. The molecule has 18 heavy (non-hydrogen) atoms. The fourth-order valence-corrected chi connectivity index (χ4v) is 1.80. The summed E-state index contributed by atoms with van der Waals surface area (Å²) >= 11 is 0. The van der Waals surface area contributed by atoms with Gasteiger partial charge in [0.25, 0.3) is 0 Å². The molecule has 1 aliphatic rings. The predicted molar refractivity (Wildman–Crippen MR) is 61.9 cm³/mol. The number of nitrogens with zero attached hydrogens (tertiary/aromatic N) is 1. The molecule has 1 aliphatic heterocycles. The summed E-state index contributed by atoms with van der Waals surface area (Å²) in [5, 5.41) is 3.68. The van der Waals surface area contributed by atoms with Gasteiger partial charge in [0, 0.05) is 24.1 Å². The Kier molecular flexibility index (Phi) is 2.55. The van der Waals surface area contributed by atoms with Crippen molar-refractivity contribution in [3.63, 3.8) is 0 Å². The largest absolute Gasteiger partial charge is 0.490 e. The van der Waals surface area contributed by atoms with E-state index in [1.165, 1.54) is 12.1 Å². The molecule has 0 saturated carbocycles. The number of aromatic nitrogens is 1. The molecule has 1 aromatic carbocycles. The van der Waals surface area contributed by atoms with Gasteiger partial charge in [-0.2, -0.15) is 0 Å². The average molecular weight is 250 g/mol. The second-order valence-corrected chi connectivity index (χ2v) is 3.94. The van der Waals surface area contributed by atoms with Gasteiger partial charge in [0.2, 0.25) is 5.88 Å². The highest BCUT2D eigenvalue weighted by atomic mass is 19.1. The standard InChI is InChI=1S/C12H11FN2O3/c13-8-5-11-10(16-2-1-3-17-11)4-7(8)9-6-12(14)18-15-9/h4-6H,1-3,14H2. The van der Waals surface area contributed by atoms with Crippen LogP contribution in [-0.2, 0) is 0 Å². The molecule has 0 bridgehead atoms. The van der Waals surface area contributed by atoms with Gasteiger partial charge < -0.3 is 19.7 Å². The Morgan fingerprint density at radius 3 is 2.50 bits per heavy atom. The van der Waals surface area contributed by atoms with Crippen molar-refractivity contribution in [2.45, 2.75) is 6.42 Å². The van der Waals surface area contributed by atoms with Crippen LogP contribution in [0.5, 0.6) is 11.5 Å². The molecule has 0 fully saturated rings. The number of nitrogens with two attached hydrogens (primary N) is 1. The fraction of sp³-hybridized carbons (Fsp3) is 0.250. The normalized spacial score (nSPS) is 14.3. The van der Waals surface area contributed by atoms with E-state index in [4.69, 9.17) is 19.7 Å². The lowest BCUT2D eigenvalue weighted by Gasteiger charge is -2.09. The smallest absolute Gasteiger partial charge is 0.222 e. The lowest BCUT2D eigenvalue weighted by molar-refractivity contribution is 0.296. The Labute approximate surface area is 102 Å². The van der Waals surface area contributed by atoms with Crippen molar-refractivity contribution in [1.82, 2.24) is 5.16 Å².